The van der Waals surface area contributed by atoms with Crippen LogP contribution in [0.3, 0.4) is 0 Å². The molecule has 3 N–H and O–H groups in total. The van der Waals surface area contributed by atoms with Gasteiger partial charge in [-0.05, 0) is 62.4 Å². The Balaban J connectivity index is 0.961. The molecule has 0 aliphatic heterocycles. The molecule has 8 rings (SSSR count). The van der Waals surface area contributed by atoms with Crippen molar-refractivity contribution >= 4 is 54.1 Å². The Labute approximate surface area is 393 Å². The number of pyridine rings is 4. The number of thiazole rings is 1. The summed E-state index contributed by atoms with van der Waals surface area (Å²) in [5, 5.41) is 9.68. The number of aliphatic hydroxyl groups is 1. The maximum Gasteiger partial charge on any atom is 0.300 e. The van der Waals surface area contributed by atoms with E-state index in [0.29, 0.717) is 44.7 Å². The van der Waals surface area contributed by atoms with E-state index in [9.17, 15) is 35.2 Å². The van der Waals surface area contributed by atoms with E-state index in [1.807, 2.05) is 0 Å². The average molecular weight is 1010 g/mol. The molecule has 26 heteroatoms. The fourth-order valence-corrected chi connectivity index (χ4v) is 10.3. The van der Waals surface area contributed by atoms with Gasteiger partial charge in [-0.25, -0.2) is 50.5 Å². The van der Waals surface area contributed by atoms with Crippen molar-refractivity contribution < 1.29 is 54.4 Å². The molecule has 0 unspecified atom stereocenters. The fourth-order valence-electron chi connectivity index (χ4n) is 6.67. The van der Waals surface area contributed by atoms with Gasteiger partial charge in [0.1, 0.15) is 52.4 Å². The van der Waals surface area contributed by atoms with Crippen molar-refractivity contribution in [2.24, 2.45) is 0 Å². The molecule has 8 aromatic rings. The molecular formula is C43H37F2N9O12S3. The molecule has 0 bridgehead atoms. The molecule has 1 aromatic carbocycles. The first-order valence-electron chi connectivity index (χ1n) is 20.1. The summed E-state index contributed by atoms with van der Waals surface area (Å²) in [6.45, 7) is 2.10. The minimum absolute atomic E-state index is 0.0125. The SMILES string of the molecule is COc1ncc(-c2ccc3ncc(OCOCCOc4ncc(-c5ccc6ncc(OCCO)c(=O)n6c5)cc4NS(=O)(=O)c4sc(C)nc4C)c(=O)n3c2)cc1NS(=O)(=O)c1ccc(F)cc1F. The number of hydrogen-bond acceptors (Lipinski definition) is 18. The molecule has 7 heterocycles. The number of methoxy groups -OCH3 is 1. The zero-order valence-corrected chi connectivity index (χ0v) is 38.7. The lowest BCUT2D eigenvalue weighted by Crippen LogP contribution is -2.20. The Morgan fingerprint density at radius 2 is 1.28 bits per heavy atom. The van der Waals surface area contributed by atoms with Crippen LogP contribution in [0, 0.1) is 25.5 Å². The van der Waals surface area contributed by atoms with Gasteiger partial charge in [0.25, 0.3) is 31.2 Å². The zero-order chi connectivity index (χ0) is 49.0. The Morgan fingerprint density at radius 1 is 0.681 bits per heavy atom. The van der Waals surface area contributed by atoms with E-state index in [-0.39, 0.29) is 70.9 Å². The van der Waals surface area contributed by atoms with E-state index in [4.69, 9.17) is 28.8 Å². The number of rotatable bonds is 19. The second-order valence-corrected chi connectivity index (χ2v) is 19.2. The lowest BCUT2D eigenvalue weighted by molar-refractivity contribution is 0.00108. The van der Waals surface area contributed by atoms with Gasteiger partial charge in [0.05, 0.1) is 43.4 Å². The third-order valence-electron chi connectivity index (χ3n) is 9.79. The Hall–Kier alpha value is -7.65. The van der Waals surface area contributed by atoms with Crippen molar-refractivity contribution in [3.63, 3.8) is 0 Å². The number of hydrogen-bond donors (Lipinski definition) is 3. The molecule has 0 fully saturated rings. The minimum atomic E-state index is -4.57. The quantitative estimate of drug-likeness (QED) is 0.0738. The molecular weight excluding hydrogens is 969 g/mol. The molecule has 0 atom stereocenters. The number of aromatic nitrogens is 7. The first-order valence-corrected chi connectivity index (χ1v) is 23.9. The number of aryl methyl sites for hydroxylation is 2. The first kappa shape index (κ1) is 47.8. The third-order valence-corrected chi connectivity index (χ3v) is 14.2. The second kappa shape index (κ2) is 19.9. The van der Waals surface area contributed by atoms with Crippen molar-refractivity contribution in [1.82, 2.24) is 33.7 Å². The summed E-state index contributed by atoms with van der Waals surface area (Å²) < 4.78 is 116. The second-order valence-electron chi connectivity index (χ2n) is 14.5. The number of fused-ring (bicyclic) bond motifs is 2. The number of nitrogens with one attached hydrogen (secondary N) is 2. The molecule has 0 saturated heterocycles. The number of anilines is 2. The van der Waals surface area contributed by atoms with Crippen molar-refractivity contribution in [3.05, 3.63) is 135 Å². The van der Waals surface area contributed by atoms with Gasteiger partial charge in [-0.1, -0.05) is 0 Å². The molecule has 7 aromatic heterocycles. The lowest BCUT2D eigenvalue weighted by atomic mass is 10.1. The van der Waals surface area contributed by atoms with E-state index >= 15 is 0 Å². The molecule has 0 amide bonds. The van der Waals surface area contributed by atoms with Crippen molar-refractivity contribution in [1.29, 1.82) is 0 Å². The van der Waals surface area contributed by atoms with Crippen LogP contribution in [0.15, 0.2) is 110 Å². The third kappa shape index (κ3) is 10.4. The van der Waals surface area contributed by atoms with Crippen molar-refractivity contribution in [2.45, 2.75) is 23.0 Å². The molecule has 69 heavy (non-hydrogen) atoms. The van der Waals surface area contributed by atoms with Crippen LogP contribution >= 0.6 is 11.3 Å². The van der Waals surface area contributed by atoms with E-state index < -0.39 is 54.5 Å². The summed E-state index contributed by atoms with van der Waals surface area (Å²) in [7, 11) is -7.51. The lowest BCUT2D eigenvalue weighted by Gasteiger charge is -2.15. The highest BCUT2D eigenvalue weighted by molar-refractivity contribution is 7.94. The van der Waals surface area contributed by atoms with Crippen molar-refractivity contribution in [2.75, 3.05) is 49.8 Å². The van der Waals surface area contributed by atoms with Gasteiger partial charge in [-0.15, -0.1) is 11.3 Å². The Morgan fingerprint density at radius 3 is 1.86 bits per heavy atom. The number of nitrogens with zero attached hydrogens (tertiary/aromatic N) is 7. The monoisotopic (exact) mass is 1010 g/mol. The van der Waals surface area contributed by atoms with Gasteiger partial charge in [0.2, 0.25) is 23.3 Å². The van der Waals surface area contributed by atoms with Crippen LogP contribution in [0.2, 0.25) is 0 Å². The standard InChI is InChI=1S/C43H37F2N9O12S3/c1-24-43(67-25(2)50-24)69(60,61)52-33-15-29(27-5-8-37-46-19-34(64-11-10-55)41(56)53(37)21-27)18-49-40(33)65-13-12-63-23-66-35-20-47-38-9-4-26(22-54(38)42(35)57)28-14-32(39(62-3)48-17-28)51-68(58,59)36-7-6-30(44)16-31(36)45/h4-9,14-22,51-52,55H,10-13,23H2,1-3H3. The largest absolute Gasteiger partial charge is 0.484 e. The topological polar surface area (TPSA) is 266 Å². The normalized spacial score (nSPS) is 11.7. The van der Waals surface area contributed by atoms with Gasteiger partial charge in [-0.3, -0.25) is 27.8 Å². The maximum absolute atomic E-state index is 14.4. The van der Waals surface area contributed by atoms with E-state index in [0.717, 1.165) is 23.5 Å². The number of aliphatic hydroxyl groups excluding tert-OH is 1. The predicted octanol–water partition coefficient (Wildman–Crippen LogP) is 4.59. The summed E-state index contributed by atoms with van der Waals surface area (Å²) in [4.78, 5) is 47.1. The van der Waals surface area contributed by atoms with E-state index in [1.54, 1.807) is 32.0 Å². The fraction of sp³-hybridized carbons (Fsp3) is 0.186. The highest BCUT2D eigenvalue weighted by atomic mass is 32.2. The highest BCUT2D eigenvalue weighted by Crippen LogP contribution is 2.34. The smallest absolute Gasteiger partial charge is 0.300 e. The van der Waals surface area contributed by atoms with E-state index in [2.05, 4.69) is 34.4 Å². The van der Waals surface area contributed by atoms with Gasteiger partial charge >= 0.3 is 0 Å². The van der Waals surface area contributed by atoms with Crippen LogP contribution in [0.1, 0.15) is 10.7 Å². The molecule has 358 valence electrons. The van der Waals surface area contributed by atoms with Gasteiger partial charge in [-0.2, -0.15) is 0 Å². The molecule has 0 aliphatic rings. The van der Waals surface area contributed by atoms with Gasteiger partial charge < -0.3 is 28.8 Å². The Kier molecular flexibility index (Phi) is 13.8. The van der Waals surface area contributed by atoms with Gasteiger partial charge in [0.15, 0.2) is 11.0 Å². The first-order chi connectivity index (χ1) is 33.0. The number of sulfonamides is 2. The van der Waals surface area contributed by atoms with E-state index in [1.165, 1.54) is 71.3 Å². The summed E-state index contributed by atoms with van der Waals surface area (Å²) in [6, 6.07) is 11.2. The number of ether oxygens (including phenoxy) is 5. The van der Waals surface area contributed by atoms with Crippen LogP contribution < -0.4 is 39.5 Å². The van der Waals surface area contributed by atoms with Crippen LogP contribution in [-0.2, 0) is 24.8 Å². The molecule has 0 aliphatic carbocycles. The Bertz CT molecular complexity index is 3610. The van der Waals surface area contributed by atoms with Crippen LogP contribution in [0.4, 0.5) is 20.2 Å². The van der Waals surface area contributed by atoms with Crippen LogP contribution in [0.25, 0.3) is 33.5 Å². The molecule has 0 saturated carbocycles. The maximum atomic E-state index is 14.4. The van der Waals surface area contributed by atoms with Crippen molar-refractivity contribution in [3.8, 4) is 45.5 Å². The highest BCUT2D eigenvalue weighted by Gasteiger charge is 2.25. The number of halogens is 2. The van der Waals surface area contributed by atoms with Crippen LogP contribution in [-0.4, -0.2) is 96.0 Å². The summed E-state index contributed by atoms with van der Waals surface area (Å²) >= 11 is 0.983. The van der Waals surface area contributed by atoms with Gasteiger partial charge in [0, 0.05) is 53.1 Å². The molecule has 21 nitrogen and oxygen atoms in total. The molecule has 0 radical (unpaired) electrons. The average Bonchev–Trinajstić information content (AvgIpc) is 3.68. The zero-order valence-electron chi connectivity index (χ0n) is 36.2. The summed E-state index contributed by atoms with van der Waals surface area (Å²) in [5.41, 5.74) is 1.00. The minimum Gasteiger partial charge on any atom is -0.484 e. The number of benzene rings is 1. The predicted molar refractivity (Wildman–Crippen MR) is 245 cm³/mol. The molecule has 0 spiro atoms. The summed E-state index contributed by atoms with van der Waals surface area (Å²) in [6.07, 6.45) is 8.14. The summed E-state index contributed by atoms with van der Waals surface area (Å²) in [5.74, 6) is -2.81. The van der Waals surface area contributed by atoms with Crippen LogP contribution in [0.5, 0.6) is 23.3 Å².